The van der Waals surface area contributed by atoms with Crippen LogP contribution < -0.4 is 0 Å². The maximum atomic E-state index is 9.98. The minimum Gasteiger partial charge on any atom is -0.388 e. The van der Waals surface area contributed by atoms with Gasteiger partial charge in [0.2, 0.25) is 0 Å². The van der Waals surface area contributed by atoms with Crippen LogP contribution in [0.25, 0.3) is 0 Å². The lowest BCUT2D eigenvalue weighted by Gasteiger charge is -2.12. The maximum absolute atomic E-state index is 9.98. The summed E-state index contributed by atoms with van der Waals surface area (Å²) >= 11 is 5.07. The highest BCUT2D eigenvalue weighted by molar-refractivity contribution is 9.11. The molecule has 0 spiro atoms. The standard InChI is InChI=1S/C12H17BrOS/c13-12-8-7-11(15-12)10(14)6-5-9-3-1-2-4-9/h7-10,14H,1-6H2. The van der Waals surface area contributed by atoms with Gasteiger partial charge in [-0.3, -0.25) is 0 Å². The first kappa shape index (κ1) is 11.6. The SMILES string of the molecule is OC(CCC1CCCC1)c1ccc(Br)s1. The molecule has 0 amide bonds. The molecule has 1 nitrogen and oxygen atoms in total. The molecule has 1 heterocycles. The molecule has 1 atom stereocenters. The Kier molecular flexibility index (Phi) is 4.23. The summed E-state index contributed by atoms with van der Waals surface area (Å²) < 4.78 is 1.11. The quantitative estimate of drug-likeness (QED) is 0.864. The van der Waals surface area contributed by atoms with Gasteiger partial charge in [0.25, 0.3) is 0 Å². The normalized spacial score (nSPS) is 19.6. The first-order valence-electron chi connectivity index (χ1n) is 5.69. The second kappa shape index (κ2) is 5.46. The molecule has 1 fully saturated rings. The van der Waals surface area contributed by atoms with Gasteiger partial charge in [0.15, 0.2) is 0 Å². The summed E-state index contributed by atoms with van der Waals surface area (Å²) in [6.07, 6.45) is 7.41. The number of hydrogen-bond donors (Lipinski definition) is 1. The predicted molar refractivity (Wildman–Crippen MR) is 68.2 cm³/mol. The topological polar surface area (TPSA) is 20.2 Å². The van der Waals surface area contributed by atoms with Crippen LogP contribution in [-0.4, -0.2) is 5.11 Å². The number of aliphatic hydroxyl groups excluding tert-OH is 1. The van der Waals surface area contributed by atoms with Crippen molar-refractivity contribution in [2.45, 2.75) is 44.6 Å². The summed E-state index contributed by atoms with van der Waals surface area (Å²) in [5.74, 6) is 0.878. The Labute approximate surface area is 104 Å². The third-order valence-corrected chi connectivity index (χ3v) is 4.97. The Bertz CT molecular complexity index is 304. The van der Waals surface area contributed by atoms with Crippen LogP contribution in [-0.2, 0) is 0 Å². The monoisotopic (exact) mass is 288 g/mol. The predicted octanol–water partition coefficient (Wildman–Crippen LogP) is 4.51. The van der Waals surface area contributed by atoms with E-state index in [0.29, 0.717) is 0 Å². The van der Waals surface area contributed by atoms with Gasteiger partial charge in [-0.25, -0.2) is 0 Å². The zero-order chi connectivity index (χ0) is 10.7. The summed E-state index contributed by atoms with van der Waals surface area (Å²) in [7, 11) is 0. The first-order chi connectivity index (χ1) is 7.25. The molecule has 1 unspecified atom stereocenters. The van der Waals surface area contributed by atoms with Crippen LogP contribution >= 0.6 is 27.3 Å². The van der Waals surface area contributed by atoms with Gasteiger partial charge in [0.05, 0.1) is 9.89 Å². The van der Waals surface area contributed by atoms with Crippen molar-refractivity contribution in [1.29, 1.82) is 0 Å². The summed E-state index contributed by atoms with van der Waals surface area (Å²) in [6, 6.07) is 4.03. The maximum Gasteiger partial charge on any atom is 0.0882 e. The van der Waals surface area contributed by atoms with E-state index in [1.54, 1.807) is 11.3 Å². The largest absolute Gasteiger partial charge is 0.388 e. The number of aliphatic hydroxyl groups is 1. The smallest absolute Gasteiger partial charge is 0.0882 e. The van der Waals surface area contributed by atoms with Crippen LogP contribution in [0.15, 0.2) is 15.9 Å². The molecule has 1 aromatic rings. The van der Waals surface area contributed by atoms with E-state index in [4.69, 9.17) is 0 Å². The third-order valence-electron chi connectivity index (χ3n) is 3.25. The number of thiophene rings is 1. The van der Waals surface area contributed by atoms with E-state index in [1.807, 2.05) is 12.1 Å². The van der Waals surface area contributed by atoms with Gasteiger partial charge in [0, 0.05) is 4.88 Å². The van der Waals surface area contributed by atoms with Gasteiger partial charge in [0.1, 0.15) is 0 Å². The molecule has 0 saturated heterocycles. The highest BCUT2D eigenvalue weighted by Crippen LogP contribution is 2.34. The van der Waals surface area contributed by atoms with Gasteiger partial charge in [-0.15, -0.1) is 11.3 Å². The Morgan fingerprint density at radius 1 is 1.40 bits per heavy atom. The molecule has 2 rings (SSSR count). The minimum absolute atomic E-state index is 0.248. The van der Waals surface area contributed by atoms with Gasteiger partial charge in [-0.2, -0.15) is 0 Å². The second-order valence-electron chi connectivity index (χ2n) is 4.39. The molecule has 3 heteroatoms. The summed E-state index contributed by atoms with van der Waals surface area (Å²) in [5, 5.41) is 9.98. The van der Waals surface area contributed by atoms with Crippen molar-refractivity contribution in [3.8, 4) is 0 Å². The molecule has 0 aliphatic heterocycles. The van der Waals surface area contributed by atoms with Crippen molar-refractivity contribution in [1.82, 2.24) is 0 Å². The Hall–Kier alpha value is 0.140. The van der Waals surface area contributed by atoms with Crippen molar-refractivity contribution in [3.05, 3.63) is 20.8 Å². The summed E-state index contributed by atoms with van der Waals surface area (Å²) in [4.78, 5) is 1.10. The molecule has 1 aliphatic rings. The van der Waals surface area contributed by atoms with E-state index in [-0.39, 0.29) is 6.10 Å². The third kappa shape index (κ3) is 3.30. The van der Waals surface area contributed by atoms with Crippen LogP contribution in [0, 0.1) is 5.92 Å². The molecule has 1 aromatic heterocycles. The Morgan fingerprint density at radius 3 is 2.73 bits per heavy atom. The Morgan fingerprint density at radius 2 is 2.13 bits per heavy atom. The molecular formula is C12H17BrOS. The van der Waals surface area contributed by atoms with Crippen LogP contribution in [0.1, 0.15) is 49.5 Å². The fraction of sp³-hybridized carbons (Fsp3) is 0.667. The molecule has 1 N–H and O–H groups in total. The van der Waals surface area contributed by atoms with Crippen molar-refractivity contribution in [2.75, 3.05) is 0 Å². The van der Waals surface area contributed by atoms with E-state index in [1.165, 1.54) is 32.1 Å². The number of rotatable bonds is 4. The average Bonchev–Trinajstić information content (AvgIpc) is 2.84. The van der Waals surface area contributed by atoms with Crippen molar-refractivity contribution < 1.29 is 5.11 Å². The second-order valence-corrected chi connectivity index (χ2v) is 6.88. The summed E-state index contributed by atoms with van der Waals surface area (Å²) in [5.41, 5.74) is 0. The average molecular weight is 289 g/mol. The van der Waals surface area contributed by atoms with Crippen LogP contribution in [0.3, 0.4) is 0 Å². The van der Waals surface area contributed by atoms with E-state index >= 15 is 0 Å². The molecule has 0 bridgehead atoms. The van der Waals surface area contributed by atoms with Crippen LogP contribution in [0.5, 0.6) is 0 Å². The van der Waals surface area contributed by atoms with Crippen molar-refractivity contribution in [3.63, 3.8) is 0 Å². The zero-order valence-corrected chi connectivity index (χ0v) is 11.2. The summed E-state index contributed by atoms with van der Waals surface area (Å²) in [6.45, 7) is 0. The fourth-order valence-electron chi connectivity index (χ4n) is 2.34. The van der Waals surface area contributed by atoms with Gasteiger partial charge in [-0.05, 0) is 46.8 Å². The fourth-order valence-corrected chi connectivity index (χ4v) is 3.79. The molecule has 0 radical (unpaired) electrons. The van der Waals surface area contributed by atoms with Gasteiger partial charge in [-0.1, -0.05) is 25.7 Å². The van der Waals surface area contributed by atoms with Crippen molar-refractivity contribution >= 4 is 27.3 Å². The molecular weight excluding hydrogens is 272 g/mol. The molecule has 1 saturated carbocycles. The number of halogens is 1. The van der Waals surface area contributed by atoms with E-state index < -0.39 is 0 Å². The van der Waals surface area contributed by atoms with Crippen molar-refractivity contribution in [2.24, 2.45) is 5.92 Å². The highest BCUT2D eigenvalue weighted by Gasteiger charge is 2.17. The van der Waals surface area contributed by atoms with Crippen LogP contribution in [0.4, 0.5) is 0 Å². The van der Waals surface area contributed by atoms with E-state index in [0.717, 1.165) is 21.0 Å². The highest BCUT2D eigenvalue weighted by atomic mass is 79.9. The lowest BCUT2D eigenvalue weighted by molar-refractivity contribution is 0.160. The Balaban J connectivity index is 1.79. The zero-order valence-electron chi connectivity index (χ0n) is 8.79. The lowest BCUT2D eigenvalue weighted by Crippen LogP contribution is -1.99. The van der Waals surface area contributed by atoms with E-state index in [9.17, 15) is 5.11 Å². The number of hydrogen-bond acceptors (Lipinski definition) is 2. The molecule has 15 heavy (non-hydrogen) atoms. The molecule has 0 aromatic carbocycles. The minimum atomic E-state index is -0.248. The van der Waals surface area contributed by atoms with Gasteiger partial charge < -0.3 is 5.11 Å². The first-order valence-corrected chi connectivity index (χ1v) is 7.30. The van der Waals surface area contributed by atoms with Crippen LogP contribution in [0.2, 0.25) is 0 Å². The lowest BCUT2D eigenvalue weighted by atomic mass is 9.99. The van der Waals surface area contributed by atoms with Gasteiger partial charge >= 0.3 is 0 Å². The molecule has 84 valence electrons. The molecule has 1 aliphatic carbocycles. The van der Waals surface area contributed by atoms with E-state index in [2.05, 4.69) is 15.9 Å².